The number of anilines is 2. The average Bonchev–Trinajstić information content (AvgIpc) is 3.40. The van der Waals surface area contributed by atoms with Crippen LogP contribution in [-0.2, 0) is 32.5 Å². The van der Waals surface area contributed by atoms with Crippen LogP contribution in [0.3, 0.4) is 0 Å². The van der Waals surface area contributed by atoms with E-state index in [1.54, 1.807) is 0 Å². The van der Waals surface area contributed by atoms with Crippen LogP contribution in [0.25, 0.3) is 16.9 Å². The van der Waals surface area contributed by atoms with Crippen LogP contribution in [0.1, 0.15) is 33.4 Å². The number of nitrogens with zero attached hydrogens (tertiary/aromatic N) is 4. The van der Waals surface area contributed by atoms with Crippen LogP contribution in [0.4, 0.5) is 11.4 Å². The molecular formula is C34H45Cl2N5O5. The van der Waals surface area contributed by atoms with Gasteiger partial charge >= 0.3 is 5.65 Å². The average molecular weight is 675 g/mol. The third kappa shape index (κ3) is 14.4. The number of pyridine rings is 2. The molecule has 0 saturated heterocycles. The standard InChI is InChI=1S/C13H12N3.C13H14N2.C7H16O3.CH2O2.2ClH/c1-15-10-16(11-6-3-2-4-7-11)12-8-5-9-14-13(12)15;1-2-12-13(9-6-10-14-12)15-11-7-4-3-5-8-11;1-4-8-7(9-5-2)10-6-3;2-1-3;;/h2-10H,1H3;3-10,15H,2H2,1H3;7H,4-6H2,1-3H3;1H,(H,2,3);2*1H/q+1;;;;;/p-1. The number of para-hydroxylation sites is 2. The fourth-order valence-electron chi connectivity index (χ4n) is 4.00. The van der Waals surface area contributed by atoms with Gasteiger partial charge in [0.05, 0.1) is 18.4 Å². The van der Waals surface area contributed by atoms with Crippen LogP contribution in [-0.4, -0.2) is 52.4 Å². The van der Waals surface area contributed by atoms with Gasteiger partial charge in [0, 0.05) is 31.7 Å². The Kier molecular flexibility index (Phi) is 22.9. The topological polar surface area (TPSA) is 112 Å². The van der Waals surface area contributed by atoms with Gasteiger partial charge in [-0.3, -0.25) is 9.78 Å². The number of carboxylic acid groups (broad SMARTS) is 1. The van der Waals surface area contributed by atoms with E-state index >= 15 is 0 Å². The number of aromatic nitrogens is 4. The molecule has 0 spiro atoms. The van der Waals surface area contributed by atoms with E-state index in [4.69, 9.17) is 24.1 Å². The minimum Gasteiger partial charge on any atom is -1.00 e. The summed E-state index contributed by atoms with van der Waals surface area (Å²) < 4.78 is 19.4. The summed E-state index contributed by atoms with van der Waals surface area (Å²) in [5.74, 6) is 0. The van der Waals surface area contributed by atoms with Crippen molar-refractivity contribution in [2.45, 2.75) is 40.6 Å². The van der Waals surface area contributed by atoms with E-state index in [1.807, 2.05) is 112 Å². The number of hydrogen-bond donors (Lipinski definition) is 2. The van der Waals surface area contributed by atoms with Gasteiger partial charge in [-0.2, -0.15) is 0 Å². The van der Waals surface area contributed by atoms with Crippen molar-refractivity contribution in [3.05, 3.63) is 109 Å². The van der Waals surface area contributed by atoms with Crippen LogP contribution in [0.2, 0.25) is 0 Å². The molecule has 0 aliphatic heterocycles. The van der Waals surface area contributed by atoms with Crippen molar-refractivity contribution in [2.24, 2.45) is 7.05 Å². The molecule has 2 N–H and O–H groups in total. The predicted octanol–water partition coefficient (Wildman–Crippen LogP) is 3.74. The van der Waals surface area contributed by atoms with E-state index in [2.05, 4.69) is 51.0 Å². The minimum absolute atomic E-state index is 0. The zero-order valence-electron chi connectivity index (χ0n) is 27.0. The molecule has 0 saturated carbocycles. The smallest absolute Gasteiger partial charge is 0.301 e. The van der Waals surface area contributed by atoms with Crippen molar-refractivity contribution in [2.75, 3.05) is 25.1 Å². The first-order valence-electron chi connectivity index (χ1n) is 14.6. The lowest BCUT2D eigenvalue weighted by molar-refractivity contribution is -0.647. The molecule has 5 rings (SSSR count). The molecule has 0 aliphatic carbocycles. The lowest BCUT2D eigenvalue weighted by Crippen LogP contribution is -3.00. The Labute approximate surface area is 284 Å². The zero-order chi connectivity index (χ0) is 32.0. The van der Waals surface area contributed by atoms with Crippen molar-refractivity contribution in [3.63, 3.8) is 0 Å². The summed E-state index contributed by atoms with van der Waals surface area (Å²) in [5.41, 5.74) is 6.55. The van der Waals surface area contributed by atoms with Crippen molar-refractivity contribution >= 4 is 41.4 Å². The third-order valence-corrected chi connectivity index (χ3v) is 5.87. The van der Waals surface area contributed by atoms with Crippen molar-refractivity contribution in [1.82, 2.24) is 14.5 Å². The van der Waals surface area contributed by atoms with Crippen molar-refractivity contribution in [3.8, 4) is 5.69 Å². The van der Waals surface area contributed by atoms with Crippen LogP contribution in [0.15, 0.2) is 104 Å². The number of benzene rings is 2. The second-order valence-electron chi connectivity index (χ2n) is 8.88. The normalized spacial score (nSPS) is 9.61. The molecule has 3 heterocycles. The molecule has 0 unspecified atom stereocenters. The van der Waals surface area contributed by atoms with Gasteiger partial charge in [-0.05, 0) is 75.7 Å². The summed E-state index contributed by atoms with van der Waals surface area (Å²) in [5, 5.41) is 10.2. The Balaban J connectivity index is 0.000000636. The molecule has 0 aliphatic rings. The highest BCUT2D eigenvalue weighted by Crippen LogP contribution is 2.19. The number of carbonyl (C=O) groups is 1. The molecule has 10 nitrogen and oxygen atoms in total. The van der Waals surface area contributed by atoms with Crippen molar-refractivity contribution < 1.29 is 41.1 Å². The lowest BCUT2D eigenvalue weighted by Gasteiger charge is -2.15. The number of nitrogens with one attached hydrogen (secondary N) is 1. The highest BCUT2D eigenvalue weighted by molar-refractivity contribution is 5.85. The number of hydrogen-bond acceptors (Lipinski definition) is 7. The van der Waals surface area contributed by atoms with Crippen LogP contribution < -0.4 is 22.3 Å². The largest absolute Gasteiger partial charge is 1.00 e. The molecule has 2 aromatic carbocycles. The van der Waals surface area contributed by atoms with Gasteiger partial charge in [0.2, 0.25) is 0 Å². The molecule has 3 aromatic heterocycles. The molecule has 5 aromatic rings. The molecule has 0 radical (unpaired) electrons. The fraction of sp³-hybridized carbons (Fsp3) is 0.294. The Hall–Kier alpha value is -4.06. The van der Waals surface area contributed by atoms with E-state index < -0.39 is 6.48 Å². The zero-order valence-corrected chi connectivity index (χ0v) is 28.5. The van der Waals surface area contributed by atoms with E-state index in [0.29, 0.717) is 19.8 Å². The highest BCUT2D eigenvalue weighted by atomic mass is 35.5. The van der Waals surface area contributed by atoms with Gasteiger partial charge in [-0.15, -0.1) is 17.4 Å². The van der Waals surface area contributed by atoms with Gasteiger partial charge in [0.1, 0.15) is 11.9 Å². The summed E-state index contributed by atoms with van der Waals surface area (Å²) >= 11 is 0. The molecule has 0 atom stereocenters. The number of ether oxygens (including phenoxy) is 3. The summed E-state index contributed by atoms with van der Waals surface area (Å²) in [7, 11) is 2.01. The molecule has 0 fully saturated rings. The Bertz CT molecular complexity index is 1460. The maximum absolute atomic E-state index is 8.36. The van der Waals surface area contributed by atoms with E-state index in [-0.39, 0.29) is 31.3 Å². The van der Waals surface area contributed by atoms with E-state index in [1.165, 1.54) is 0 Å². The number of halogens is 2. The second-order valence-corrected chi connectivity index (χ2v) is 8.88. The summed E-state index contributed by atoms with van der Waals surface area (Å²) in [4.78, 5) is 17.1. The van der Waals surface area contributed by atoms with Crippen LogP contribution in [0.5, 0.6) is 0 Å². The number of imidazole rings is 1. The maximum atomic E-state index is 8.36. The second kappa shape index (κ2) is 25.2. The predicted molar refractivity (Wildman–Crippen MR) is 180 cm³/mol. The lowest BCUT2D eigenvalue weighted by atomic mass is 10.2. The van der Waals surface area contributed by atoms with Crippen molar-refractivity contribution in [1.29, 1.82) is 0 Å². The maximum Gasteiger partial charge on any atom is 0.301 e. The first-order valence-corrected chi connectivity index (χ1v) is 14.6. The molecule has 250 valence electrons. The molecule has 0 bridgehead atoms. The number of rotatable bonds is 10. The number of fused-ring (bicyclic) bond motifs is 1. The SMILES string of the molecule is CCOC(OCC)OCC.CCc1ncccc1Nc1ccccc1.C[n+]1cn(-c2ccccc2)c2cccnc21.Cl.O=CO.[Cl-]. The van der Waals surface area contributed by atoms with Gasteiger partial charge in [-0.25, -0.2) is 9.13 Å². The molecule has 46 heavy (non-hydrogen) atoms. The van der Waals surface area contributed by atoms with E-state index in [9.17, 15) is 0 Å². The van der Waals surface area contributed by atoms with Gasteiger partial charge in [-0.1, -0.05) is 43.3 Å². The fourth-order valence-corrected chi connectivity index (χ4v) is 4.00. The Morgan fingerprint density at radius 1 is 0.826 bits per heavy atom. The van der Waals surface area contributed by atoms with Crippen LogP contribution >= 0.6 is 12.4 Å². The minimum atomic E-state index is -0.472. The first kappa shape index (κ1) is 41.9. The molecular weight excluding hydrogens is 629 g/mol. The summed E-state index contributed by atoms with van der Waals surface area (Å²) in [6, 6.07) is 28.5. The Morgan fingerprint density at radius 3 is 1.89 bits per heavy atom. The first-order chi connectivity index (χ1) is 21.5. The number of aryl methyl sites for hydroxylation is 2. The molecule has 0 amide bonds. The van der Waals surface area contributed by atoms with E-state index in [0.717, 1.165) is 40.3 Å². The summed E-state index contributed by atoms with van der Waals surface area (Å²) in [6.45, 7) is 8.96. The van der Waals surface area contributed by atoms with Gasteiger partial charge in [0.25, 0.3) is 12.9 Å². The molecule has 12 heteroatoms. The summed E-state index contributed by atoms with van der Waals surface area (Å²) in [6.07, 6.45) is 6.63. The monoisotopic (exact) mass is 673 g/mol. The third-order valence-electron chi connectivity index (χ3n) is 5.87. The Morgan fingerprint density at radius 2 is 1.35 bits per heavy atom. The van der Waals surface area contributed by atoms with Crippen LogP contribution in [0, 0.1) is 0 Å². The highest BCUT2D eigenvalue weighted by Gasteiger charge is 2.14. The van der Waals surface area contributed by atoms with Gasteiger partial charge < -0.3 is 37.0 Å². The quantitative estimate of drug-likeness (QED) is 0.131. The van der Waals surface area contributed by atoms with Gasteiger partial charge in [0.15, 0.2) is 11.8 Å².